The van der Waals surface area contributed by atoms with E-state index in [0.717, 1.165) is 23.1 Å². The van der Waals surface area contributed by atoms with Gasteiger partial charge in [0.05, 0.1) is 11.3 Å². The van der Waals surface area contributed by atoms with Gasteiger partial charge in [-0.3, -0.25) is 0 Å². The zero-order valence-corrected chi connectivity index (χ0v) is 14.1. The van der Waals surface area contributed by atoms with Gasteiger partial charge in [-0.05, 0) is 31.5 Å². The van der Waals surface area contributed by atoms with Gasteiger partial charge >= 0.3 is 15.6 Å². The third-order valence-electron chi connectivity index (χ3n) is 3.06. The molecule has 5 nitrogen and oxygen atoms in total. The number of rotatable bonds is 4. The van der Waals surface area contributed by atoms with Crippen molar-refractivity contribution in [2.75, 3.05) is 0 Å². The molecule has 0 bridgehead atoms. The maximum atomic E-state index is 12.4. The van der Waals surface area contributed by atoms with Crippen LogP contribution in [-0.2, 0) is 16.5 Å². The molecule has 0 radical (unpaired) electrons. The Morgan fingerprint density at radius 1 is 1.38 bits per heavy atom. The monoisotopic (exact) mass is 376 g/mol. The first kappa shape index (κ1) is 18.2. The first-order valence-electron chi connectivity index (χ1n) is 6.60. The molecule has 24 heavy (non-hydrogen) atoms. The van der Waals surface area contributed by atoms with E-state index in [1.165, 1.54) is 23.5 Å². The van der Waals surface area contributed by atoms with Crippen LogP contribution in [0.15, 0.2) is 18.2 Å². The average molecular weight is 376 g/mol. The highest BCUT2D eigenvalue weighted by Gasteiger charge is 2.48. The Labute approximate surface area is 140 Å². The van der Waals surface area contributed by atoms with Crippen molar-refractivity contribution in [3.63, 3.8) is 0 Å². The molecule has 1 aromatic heterocycles. The van der Waals surface area contributed by atoms with Gasteiger partial charge in [-0.1, -0.05) is 6.92 Å². The van der Waals surface area contributed by atoms with Gasteiger partial charge in [0.15, 0.2) is 5.75 Å². The van der Waals surface area contributed by atoms with E-state index in [4.69, 9.17) is 5.26 Å². The summed E-state index contributed by atoms with van der Waals surface area (Å²) in [5.41, 5.74) is -4.52. The highest BCUT2D eigenvalue weighted by atomic mass is 32.2. The molecule has 0 saturated heterocycles. The third kappa shape index (κ3) is 3.52. The molecular weight excluding hydrogens is 365 g/mol. The number of hydrogen-bond acceptors (Lipinski definition) is 6. The molecule has 0 unspecified atom stereocenters. The smallest absolute Gasteiger partial charge is 0.375 e. The lowest BCUT2D eigenvalue weighted by Crippen LogP contribution is -2.28. The minimum absolute atomic E-state index is 0.328. The summed E-state index contributed by atoms with van der Waals surface area (Å²) in [6.07, 6.45) is 0.721. The summed E-state index contributed by atoms with van der Waals surface area (Å²) in [6, 6.07) is 5.26. The van der Waals surface area contributed by atoms with Crippen molar-refractivity contribution in [2.45, 2.75) is 25.8 Å². The van der Waals surface area contributed by atoms with Gasteiger partial charge in [-0.15, -0.1) is 11.3 Å². The molecule has 0 spiro atoms. The Kier molecular flexibility index (Phi) is 4.87. The number of aryl methyl sites for hydroxylation is 2. The SMILES string of the molecule is CCc1nc(-c2ccc(OS(=O)(=O)C(F)(F)F)c(C#N)c2)sc1C. The van der Waals surface area contributed by atoms with Crippen molar-refractivity contribution in [3.8, 4) is 22.4 Å². The Morgan fingerprint density at radius 2 is 2.04 bits per heavy atom. The topological polar surface area (TPSA) is 80.0 Å². The largest absolute Gasteiger partial charge is 0.534 e. The van der Waals surface area contributed by atoms with Gasteiger partial charge in [-0.2, -0.15) is 26.9 Å². The molecule has 0 amide bonds. The van der Waals surface area contributed by atoms with E-state index in [-0.39, 0.29) is 5.56 Å². The van der Waals surface area contributed by atoms with Gasteiger partial charge in [-0.25, -0.2) is 4.98 Å². The molecule has 1 aromatic carbocycles. The molecule has 0 atom stereocenters. The molecule has 2 rings (SSSR count). The van der Waals surface area contributed by atoms with Crippen LogP contribution in [0.25, 0.3) is 10.6 Å². The first-order valence-corrected chi connectivity index (χ1v) is 8.83. The third-order valence-corrected chi connectivity index (χ3v) is 5.09. The van der Waals surface area contributed by atoms with E-state index in [2.05, 4.69) is 9.17 Å². The lowest BCUT2D eigenvalue weighted by atomic mass is 10.1. The Bertz CT molecular complexity index is 912. The van der Waals surface area contributed by atoms with Crippen LogP contribution in [-0.4, -0.2) is 18.9 Å². The minimum atomic E-state index is -5.83. The van der Waals surface area contributed by atoms with Crippen molar-refractivity contribution < 1.29 is 25.8 Å². The molecule has 0 saturated carbocycles. The molecule has 0 N–H and O–H groups in total. The van der Waals surface area contributed by atoms with Crippen LogP contribution in [0, 0.1) is 18.3 Å². The molecule has 0 aliphatic carbocycles. The molecule has 1 heterocycles. The van der Waals surface area contributed by atoms with E-state index in [1.54, 1.807) is 6.07 Å². The number of aromatic nitrogens is 1. The highest BCUT2D eigenvalue weighted by Crippen LogP contribution is 2.33. The number of halogens is 3. The van der Waals surface area contributed by atoms with Crippen LogP contribution >= 0.6 is 11.3 Å². The number of thiazole rings is 1. The predicted octanol–water partition coefficient (Wildman–Crippen LogP) is 3.78. The summed E-state index contributed by atoms with van der Waals surface area (Å²) >= 11 is 1.37. The number of nitrogens with zero attached hydrogens (tertiary/aromatic N) is 2. The van der Waals surface area contributed by atoms with Crippen molar-refractivity contribution in [2.24, 2.45) is 0 Å². The maximum Gasteiger partial charge on any atom is 0.534 e. The van der Waals surface area contributed by atoms with Crippen LogP contribution in [0.2, 0.25) is 0 Å². The molecule has 0 fully saturated rings. The summed E-state index contributed by atoms with van der Waals surface area (Å²) in [5, 5.41) is 9.66. The highest BCUT2D eigenvalue weighted by molar-refractivity contribution is 7.88. The number of benzene rings is 1. The van der Waals surface area contributed by atoms with Crippen LogP contribution < -0.4 is 4.18 Å². The van der Waals surface area contributed by atoms with Crippen LogP contribution in [0.5, 0.6) is 5.75 Å². The van der Waals surface area contributed by atoms with Crippen molar-refractivity contribution in [1.82, 2.24) is 4.98 Å². The van der Waals surface area contributed by atoms with E-state index < -0.39 is 21.4 Å². The van der Waals surface area contributed by atoms with Crippen LogP contribution in [0.4, 0.5) is 13.2 Å². The fourth-order valence-corrected chi connectivity index (χ4v) is 3.34. The second kappa shape index (κ2) is 6.41. The van der Waals surface area contributed by atoms with E-state index in [0.29, 0.717) is 10.6 Å². The predicted molar refractivity (Wildman–Crippen MR) is 82.0 cm³/mol. The molecular formula is C14H11F3N2O3S2. The van der Waals surface area contributed by atoms with Gasteiger partial charge in [0, 0.05) is 10.4 Å². The first-order chi connectivity index (χ1) is 11.1. The lowest BCUT2D eigenvalue weighted by Gasteiger charge is -2.10. The number of nitriles is 1. The average Bonchev–Trinajstić information content (AvgIpc) is 2.87. The zero-order chi connectivity index (χ0) is 18.1. The number of alkyl halides is 3. The van der Waals surface area contributed by atoms with Crippen LogP contribution in [0.1, 0.15) is 23.1 Å². The lowest BCUT2D eigenvalue weighted by molar-refractivity contribution is -0.0500. The van der Waals surface area contributed by atoms with Gasteiger partial charge in [0.1, 0.15) is 11.1 Å². The van der Waals surface area contributed by atoms with Gasteiger partial charge in [0.25, 0.3) is 0 Å². The van der Waals surface area contributed by atoms with E-state index >= 15 is 0 Å². The minimum Gasteiger partial charge on any atom is -0.375 e. The standard InChI is InChI=1S/C14H11F3N2O3S2/c1-3-11-8(2)23-13(19-11)9-4-5-12(10(6-9)7-18)22-24(20,21)14(15,16)17/h4-6H,3H2,1-2H3. The number of hydrogen-bond donors (Lipinski definition) is 0. The quantitative estimate of drug-likeness (QED) is 0.599. The summed E-state index contributed by atoms with van der Waals surface area (Å²) in [6.45, 7) is 3.82. The zero-order valence-electron chi connectivity index (χ0n) is 12.5. The summed E-state index contributed by atoms with van der Waals surface area (Å²) in [4.78, 5) is 5.38. The van der Waals surface area contributed by atoms with E-state index in [1.807, 2.05) is 13.8 Å². The fourth-order valence-electron chi connectivity index (χ4n) is 1.87. The Hall–Kier alpha value is -2.12. The van der Waals surface area contributed by atoms with Crippen molar-refractivity contribution in [3.05, 3.63) is 34.3 Å². The molecule has 0 aliphatic heterocycles. The molecule has 0 aliphatic rings. The van der Waals surface area contributed by atoms with E-state index in [9.17, 15) is 21.6 Å². The van der Waals surface area contributed by atoms with Crippen molar-refractivity contribution >= 4 is 21.5 Å². The summed E-state index contributed by atoms with van der Waals surface area (Å²) < 4.78 is 63.3. The molecule has 2 aromatic rings. The normalized spacial score (nSPS) is 12.0. The molecule has 128 valence electrons. The fraction of sp³-hybridized carbons (Fsp3) is 0.286. The Balaban J connectivity index is 2.43. The second-order valence-corrected chi connectivity index (χ2v) is 7.42. The van der Waals surface area contributed by atoms with Gasteiger partial charge < -0.3 is 4.18 Å². The summed E-state index contributed by atoms with van der Waals surface area (Å²) in [5.74, 6) is -0.678. The van der Waals surface area contributed by atoms with Crippen molar-refractivity contribution in [1.29, 1.82) is 5.26 Å². The van der Waals surface area contributed by atoms with Crippen LogP contribution in [0.3, 0.4) is 0 Å². The Morgan fingerprint density at radius 3 is 2.54 bits per heavy atom. The second-order valence-electron chi connectivity index (χ2n) is 4.68. The summed E-state index contributed by atoms with van der Waals surface area (Å²) in [7, 11) is -5.83. The maximum absolute atomic E-state index is 12.4. The van der Waals surface area contributed by atoms with Gasteiger partial charge in [0.2, 0.25) is 0 Å². The molecule has 10 heteroatoms.